The molecule has 0 aliphatic heterocycles. The Bertz CT molecular complexity index is 874. The van der Waals surface area contributed by atoms with E-state index in [1.807, 2.05) is 0 Å². The highest BCUT2D eigenvalue weighted by molar-refractivity contribution is 9.42. The molecule has 0 fully saturated rings. The Morgan fingerprint density at radius 2 is 1.14 bits per heavy atom. The molecule has 0 aliphatic rings. The maximum absolute atomic E-state index is 12.4. The van der Waals surface area contributed by atoms with Gasteiger partial charge in [0, 0.05) is 12.4 Å². The van der Waals surface area contributed by atoms with Crippen molar-refractivity contribution in [3.63, 3.8) is 0 Å². The minimum Gasteiger partial charge on any atom is -0.265 e. The van der Waals surface area contributed by atoms with Gasteiger partial charge in [-0.2, -0.15) is 0 Å². The summed E-state index contributed by atoms with van der Waals surface area (Å²) >= 11 is 8.86. The van der Waals surface area contributed by atoms with Gasteiger partial charge in [-0.15, -0.1) is 0 Å². The molecule has 0 amide bonds. The van der Waals surface area contributed by atoms with E-state index in [2.05, 4.69) is 52.8 Å². The predicted octanol–water partition coefficient (Wildman–Crippen LogP) is 3.48. The van der Waals surface area contributed by atoms with Crippen molar-refractivity contribution in [1.82, 2.24) is 4.98 Å². The van der Waals surface area contributed by atoms with Crippen LogP contribution in [0.3, 0.4) is 0 Å². The predicted molar refractivity (Wildman–Crippen MR) is 92.8 cm³/mol. The monoisotopic (exact) mass is 531 g/mol. The minimum absolute atomic E-state index is 0.00182. The molecule has 0 radical (unpaired) electrons. The van der Waals surface area contributed by atoms with Crippen LogP contribution >= 0.6 is 47.8 Å². The SMILES string of the molecule is O=S(=O)(c1ccncc1)c1ccc(S(=O)(=O)C(Br)(Br)Br)cc1. The number of rotatable bonds is 3. The Labute approximate surface area is 153 Å². The van der Waals surface area contributed by atoms with Gasteiger partial charge in [-0.1, -0.05) is 0 Å². The number of benzene rings is 1. The molecule has 2 rings (SSSR count). The van der Waals surface area contributed by atoms with Gasteiger partial charge in [0.1, 0.15) is 0 Å². The van der Waals surface area contributed by atoms with Gasteiger partial charge in [0.05, 0.1) is 14.7 Å². The van der Waals surface area contributed by atoms with Crippen molar-refractivity contribution in [3.05, 3.63) is 48.8 Å². The normalized spacial score (nSPS) is 13.0. The summed E-state index contributed by atoms with van der Waals surface area (Å²) in [7, 11) is -7.46. The van der Waals surface area contributed by atoms with Crippen LogP contribution < -0.4 is 0 Å². The van der Waals surface area contributed by atoms with Crippen molar-refractivity contribution in [2.45, 2.75) is 16.2 Å². The number of nitrogens with zero attached hydrogens (tertiary/aromatic N) is 1. The zero-order chi connectivity index (χ0) is 16.6. The first-order chi connectivity index (χ1) is 10.1. The van der Waals surface area contributed by atoms with E-state index in [4.69, 9.17) is 0 Å². The minimum atomic E-state index is -3.76. The van der Waals surface area contributed by atoms with E-state index < -0.39 is 21.1 Å². The first-order valence-electron chi connectivity index (χ1n) is 5.63. The van der Waals surface area contributed by atoms with Gasteiger partial charge in [0.25, 0.3) is 0 Å². The molecule has 1 aromatic carbocycles. The quantitative estimate of drug-likeness (QED) is 0.564. The molecule has 1 heterocycles. The van der Waals surface area contributed by atoms with E-state index in [-0.39, 0.29) is 14.7 Å². The second-order valence-electron chi connectivity index (χ2n) is 4.11. The Balaban J connectivity index is 2.47. The van der Waals surface area contributed by atoms with Crippen LogP contribution in [0.2, 0.25) is 0 Å². The van der Waals surface area contributed by atoms with E-state index in [0.29, 0.717) is 0 Å². The summed E-state index contributed by atoms with van der Waals surface area (Å²) in [6, 6.07) is 7.73. The molecule has 0 aliphatic carbocycles. The van der Waals surface area contributed by atoms with Gasteiger partial charge < -0.3 is 0 Å². The van der Waals surface area contributed by atoms with E-state index in [1.165, 1.54) is 48.8 Å². The lowest BCUT2D eigenvalue weighted by molar-refractivity contribution is 0.593. The van der Waals surface area contributed by atoms with Crippen molar-refractivity contribution in [3.8, 4) is 0 Å². The molecule has 2 aromatic rings. The third-order valence-corrected chi connectivity index (χ3v) is 9.83. The van der Waals surface area contributed by atoms with Crippen LogP contribution in [0, 0.1) is 0 Å². The molecular formula is C12H8Br3NO4S2. The Morgan fingerprint density at radius 1 is 0.727 bits per heavy atom. The third kappa shape index (κ3) is 3.45. The second-order valence-corrected chi connectivity index (χ2v) is 16.5. The fourth-order valence-corrected chi connectivity index (χ4v) is 5.28. The lowest BCUT2D eigenvalue weighted by Crippen LogP contribution is -2.17. The van der Waals surface area contributed by atoms with Crippen LogP contribution in [-0.2, 0) is 19.7 Å². The van der Waals surface area contributed by atoms with Crippen LogP contribution in [0.5, 0.6) is 0 Å². The fraction of sp³-hybridized carbons (Fsp3) is 0.0833. The molecular weight excluding hydrogens is 526 g/mol. The van der Waals surface area contributed by atoms with Gasteiger partial charge in [0.2, 0.25) is 21.1 Å². The summed E-state index contributed by atoms with van der Waals surface area (Å²) < 4.78 is 47.6. The largest absolute Gasteiger partial charge is 0.265 e. The number of alkyl halides is 3. The first kappa shape index (κ1) is 18.1. The smallest absolute Gasteiger partial charge is 0.239 e. The Morgan fingerprint density at radius 3 is 1.59 bits per heavy atom. The van der Waals surface area contributed by atoms with Crippen molar-refractivity contribution < 1.29 is 16.8 Å². The van der Waals surface area contributed by atoms with E-state index in [1.54, 1.807) is 0 Å². The first-order valence-corrected chi connectivity index (χ1v) is 11.0. The molecule has 10 heteroatoms. The molecule has 0 N–H and O–H groups in total. The maximum Gasteiger partial charge on any atom is 0.239 e. The molecule has 0 saturated heterocycles. The van der Waals surface area contributed by atoms with Gasteiger partial charge in [0.15, 0.2) is 0 Å². The van der Waals surface area contributed by atoms with Gasteiger partial charge in [-0.3, -0.25) is 4.98 Å². The standard InChI is InChI=1S/C12H8Br3NO4S2/c13-12(14,15)22(19,20)11-3-1-9(2-4-11)21(17,18)10-5-7-16-8-6-10/h1-8H. The maximum atomic E-state index is 12.4. The average Bonchev–Trinajstić information content (AvgIpc) is 2.47. The molecule has 0 saturated carbocycles. The lowest BCUT2D eigenvalue weighted by Gasteiger charge is -2.13. The van der Waals surface area contributed by atoms with Crippen molar-refractivity contribution in [1.29, 1.82) is 0 Å². The summed E-state index contributed by atoms with van der Waals surface area (Å²) in [5, 5.41) is 0. The summed E-state index contributed by atoms with van der Waals surface area (Å²) in [4.78, 5) is 3.82. The molecule has 0 unspecified atom stereocenters. The summed E-state index contributed by atoms with van der Waals surface area (Å²) in [6.07, 6.45) is 2.75. The molecule has 1 aromatic heterocycles. The topological polar surface area (TPSA) is 81.2 Å². The van der Waals surface area contributed by atoms with Gasteiger partial charge in [-0.25, -0.2) is 16.8 Å². The Kier molecular flexibility index (Phi) is 5.18. The summed E-state index contributed by atoms with van der Waals surface area (Å²) in [5.74, 6) is 0. The molecule has 22 heavy (non-hydrogen) atoms. The molecule has 0 bridgehead atoms. The molecule has 5 nitrogen and oxygen atoms in total. The average molecular weight is 534 g/mol. The van der Waals surface area contributed by atoms with Crippen LogP contribution in [0.4, 0.5) is 0 Å². The number of hydrogen-bond donors (Lipinski definition) is 0. The number of hydrogen-bond acceptors (Lipinski definition) is 5. The van der Waals surface area contributed by atoms with Gasteiger partial charge >= 0.3 is 0 Å². The van der Waals surface area contributed by atoms with Crippen molar-refractivity contribution in [2.75, 3.05) is 0 Å². The summed E-state index contributed by atoms with van der Waals surface area (Å²) in [5.41, 5.74) is 0. The number of pyridine rings is 1. The molecule has 0 spiro atoms. The zero-order valence-corrected chi connectivity index (χ0v) is 17.0. The van der Waals surface area contributed by atoms with Crippen LogP contribution in [0.15, 0.2) is 63.5 Å². The van der Waals surface area contributed by atoms with Crippen molar-refractivity contribution >= 4 is 67.5 Å². The van der Waals surface area contributed by atoms with Crippen molar-refractivity contribution in [2.24, 2.45) is 0 Å². The second kappa shape index (κ2) is 6.31. The highest BCUT2D eigenvalue weighted by atomic mass is 80.0. The van der Waals surface area contributed by atoms with E-state index in [9.17, 15) is 16.8 Å². The van der Waals surface area contributed by atoms with Crippen LogP contribution in [0.25, 0.3) is 0 Å². The van der Waals surface area contributed by atoms with E-state index >= 15 is 0 Å². The number of sulfone groups is 2. The van der Waals surface area contributed by atoms with Gasteiger partial charge in [-0.05, 0) is 84.2 Å². The highest BCUT2D eigenvalue weighted by Crippen LogP contribution is 2.43. The highest BCUT2D eigenvalue weighted by Gasteiger charge is 2.37. The Hall–Kier alpha value is -0.290. The van der Waals surface area contributed by atoms with Crippen LogP contribution in [0.1, 0.15) is 0 Å². The van der Waals surface area contributed by atoms with E-state index in [0.717, 1.165) is 0 Å². The number of halogens is 3. The summed E-state index contributed by atoms with van der Waals surface area (Å²) in [6.45, 7) is 0. The van der Waals surface area contributed by atoms with Crippen LogP contribution in [-0.4, -0.2) is 23.3 Å². The zero-order valence-electron chi connectivity index (χ0n) is 10.6. The number of aromatic nitrogens is 1. The molecule has 118 valence electrons. The lowest BCUT2D eigenvalue weighted by atomic mass is 10.4. The fourth-order valence-electron chi connectivity index (χ4n) is 1.59. The third-order valence-electron chi connectivity index (χ3n) is 2.71. The molecule has 0 atom stereocenters.